The summed E-state index contributed by atoms with van der Waals surface area (Å²) in [7, 11) is -0.737. The van der Waals surface area contributed by atoms with Crippen molar-refractivity contribution in [2.45, 2.75) is 108 Å². The van der Waals surface area contributed by atoms with E-state index in [0.717, 1.165) is 18.4 Å². The van der Waals surface area contributed by atoms with Crippen LogP contribution in [-0.2, 0) is 25.3 Å². The van der Waals surface area contributed by atoms with Crippen molar-refractivity contribution in [3.63, 3.8) is 0 Å². The van der Waals surface area contributed by atoms with Gasteiger partial charge in [-0.05, 0) is 93.9 Å². The SMILES string of the molecule is CC1(C)[C@@H]2C[C@H]3OB([C@H](Cc4ccc(F)cc4)NC(=O)O[C@H]4CCCN(C(=O)/C(C#N)=C/C(C)(C)N5CCC(F)(F)C5)C4)O[C@@]3(C)[C@H]1C2. The molecule has 0 spiro atoms. The molecule has 2 amide bonds. The lowest BCUT2D eigenvalue weighted by molar-refractivity contribution is -0.199. The molecule has 3 saturated heterocycles. The number of rotatable bonds is 8. The number of likely N-dealkylation sites (tertiary alicyclic amines) is 2. The lowest BCUT2D eigenvalue weighted by Gasteiger charge is -2.64. The molecule has 6 aliphatic rings. The van der Waals surface area contributed by atoms with Crippen LogP contribution >= 0.6 is 0 Å². The number of carbonyl (C=O) groups excluding carboxylic acids is 2. The maximum Gasteiger partial charge on any atom is 0.482 e. The number of benzene rings is 1. The Hall–Kier alpha value is -3.08. The highest BCUT2D eigenvalue weighted by Gasteiger charge is 2.68. The van der Waals surface area contributed by atoms with Gasteiger partial charge in [-0.3, -0.25) is 9.69 Å². The number of amides is 2. The lowest BCUT2D eigenvalue weighted by atomic mass is 9.43. The molecular weight excluding hydrogens is 624 g/mol. The number of piperidine rings is 1. The zero-order valence-electron chi connectivity index (χ0n) is 28.4. The number of hydrogen-bond acceptors (Lipinski definition) is 7. The average Bonchev–Trinajstić information content (AvgIpc) is 3.59. The molecule has 0 radical (unpaired) electrons. The quantitative estimate of drug-likeness (QED) is 0.228. The van der Waals surface area contributed by atoms with Gasteiger partial charge in [0.25, 0.3) is 11.8 Å². The molecule has 3 aliphatic heterocycles. The number of nitrogens with zero attached hydrogens (tertiary/aromatic N) is 3. The van der Waals surface area contributed by atoms with Gasteiger partial charge in [0.15, 0.2) is 0 Å². The van der Waals surface area contributed by atoms with Gasteiger partial charge in [0, 0.05) is 25.0 Å². The minimum Gasteiger partial charge on any atom is -0.444 e. The van der Waals surface area contributed by atoms with Crippen LogP contribution in [0, 0.1) is 34.4 Å². The Morgan fingerprint density at radius 3 is 2.58 bits per heavy atom. The van der Waals surface area contributed by atoms with Gasteiger partial charge in [-0.1, -0.05) is 26.0 Å². The van der Waals surface area contributed by atoms with Gasteiger partial charge in [-0.15, -0.1) is 0 Å². The number of halogens is 3. The first-order chi connectivity index (χ1) is 22.5. The van der Waals surface area contributed by atoms with Crippen molar-refractivity contribution in [1.82, 2.24) is 15.1 Å². The lowest BCUT2D eigenvalue weighted by Crippen LogP contribution is -2.65. The molecule has 3 aliphatic carbocycles. The Morgan fingerprint density at radius 2 is 1.94 bits per heavy atom. The molecule has 7 rings (SSSR count). The summed E-state index contributed by atoms with van der Waals surface area (Å²) in [5.41, 5.74) is -0.613. The third kappa shape index (κ3) is 6.72. The molecule has 1 aromatic rings. The molecule has 1 N–H and O–H groups in total. The molecule has 1 aromatic carbocycles. The predicted molar refractivity (Wildman–Crippen MR) is 172 cm³/mol. The van der Waals surface area contributed by atoms with Crippen LogP contribution in [0.3, 0.4) is 0 Å². The fourth-order valence-electron chi connectivity index (χ4n) is 8.70. The summed E-state index contributed by atoms with van der Waals surface area (Å²) in [5, 5.41) is 12.8. The fourth-order valence-corrected chi connectivity index (χ4v) is 8.70. The highest BCUT2D eigenvalue weighted by molar-refractivity contribution is 6.47. The first-order valence-corrected chi connectivity index (χ1v) is 17.1. The first-order valence-electron chi connectivity index (χ1n) is 17.1. The van der Waals surface area contributed by atoms with Gasteiger partial charge < -0.3 is 24.3 Å². The largest absolute Gasteiger partial charge is 0.482 e. The van der Waals surface area contributed by atoms with E-state index in [0.29, 0.717) is 37.6 Å². The summed E-state index contributed by atoms with van der Waals surface area (Å²) >= 11 is 0. The molecule has 6 fully saturated rings. The summed E-state index contributed by atoms with van der Waals surface area (Å²) in [6.07, 6.45) is 3.14. The van der Waals surface area contributed by atoms with E-state index in [4.69, 9.17) is 14.0 Å². The summed E-state index contributed by atoms with van der Waals surface area (Å²) in [6, 6.07) is 8.04. The molecule has 3 saturated carbocycles. The molecule has 48 heavy (non-hydrogen) atoms. The highest BCUT2D eigenvalue weighted by Crippen LogP contribution is 2.65. The molecule has 0 aromatic heterocycles. The number of ether oxygens (including phenoxy) is 1. The molecular formula is C35H46BF3N4O5. The van der Waals surface area contributed by atoms with E-state index in [-0.39, 0.29) is 42.4 Å². The Morgan fingerprint density at radius 1 is 1.21 bits per heavy atom. The highest BCUT2D eigenvalue weighted by atomic mass is 19.3. The van der Waals surface area contributed by atoms with Crippen LogP contribution in [0.2, 0.25) is 0 Å². The van der Waals surface area contributed by atoms with E-state index in [2.05, 4.69) is 26.1 Å². The van der Waals surface area contributed by atoms with Crippen molar-refractivity contribution in [2.24, 2.45) is 17.3 Å². The van der Waals surface area contributed by atoms with Crippen molar-refractivity contribution < 1.29 is 36.8 Å². The number of hydrogen-bond donors (Lipinski definition) is 1. The molecule has 9 nitrogen and oxygen atoms in total. The second-order valence-corrected chi connectivity index (χ2v) is 15.7. The van der Waals surface area contributed by atoms with Gasteiger partial charge in [0.1, 0.15) is 23.6 Å². The molecule has 13 heteroatoms. The number of alkyl halides is 2. The van der Waals surface area contributed by atoms with Crippen LogP contribution in [0.1, 0.15) is 72.3 Å². The first kappa shape index (κ1) is 34.8. The number of alkyl carbamates (subject to hydrolysis) is 1. The van der Waals surface area contributed by atoms with Gasteiger partial charge >= 0.3 is 13.2 Å². The molecule has 0 unspecified atom stereocenters. The number of nitrogens with one attached hydrogen (secondary N) is 1. The van der Waals surface area contributed by atoms with Crippen molar-refractivity contribution >= 4 is 19.1 Å². The predicted octanol–water partition coefficient (Wildman–Crippen LogP) is 5.29. The van der Waals surface area contributed by atoms with Crippen LogP contribution in [0.4, 0.5) is 18.0 Å². The Labute approximate surface area is 281 Å². The minimum atomic E-state index is -2.80. The Balaban J connectivity index is 1.11. The van der Waals surface area contributed by atoms with Gasteiger partial charge in [-0.25, -0.2) is 18.0 Å². The second-order valence-electron chi connectivity index (χ2n) is 15.7. The standard InChI is InChI=1S/C35H46BF3N4O5/c1-32(2,43-14-12-35(38,39)21-43)18-23(19-40)30(44)42-13-6-7-26(20-42)46-31(45)41-29(15-22-8-10-25(37)11-9-22)36-47-28-17-24-16-27(33(24,3)4)34(28,5)48-36/h8-11,18,24,26-29H,6-7,12-17,20-21H2,1-5H3,(H,41,45)/b23-18+/t24-,26-,27-,28+,29-,34-/m0/s1. The molecule has 2 bridgehead atoms. The van der Waals surface area contributed by atoms with E-state index >= 15 is 0 Å². The van der Waals surface area contributed by atoms with Crippen LogP contribution in [0.5, 0.6) is 0 Å². The maximum atomic E-state index is 13.9. The summed E-state index contributed by atoms with van der Waals surface area (Å²) in [4.78, 5) is 29.9. The zero-order chi connectivity index (χ0) is 34.6. The van der Waals surface area contributed by atoms with E-state index in [1.54, 1.807) is 30.9 Å². The monoisotopic (exact) mass is 670 g/mol. The minimum absolute atomic E-state index is 0.0881. The zero-order valence-corrected chi connectivity index (χ0v) is 28.4. The normalized spacial score (nSPS) is 31.8. The number of nitriles is 1. The van der Waals surface area contributed by atoms with Crippen LogP contribution in [0.15, 0.2) is 35.9 Å². The maximum absolute atomic E-state index is 13.9. The Bertz CT molecular complexity index is 1480. The van der Waals surface area contributed by atoms with E-state index in [1.165, 1.54) is 23.1 Å². The van der Waals surface area contributed by atoms with E-state index in [1.807, 2.05) is 6.07 Å². The number of carbonyl (C=O) groups is 2. The van der Waals surface area contributed by atoms with Crippen molar-refractivity contribution in [1.29, 1.82) is 5.26 Å². The summed E-state index contributed by atoms with van der Waals surface area (Å²) in [5.74, 6) is -3.42. The van der Waals surface area contributed by atoms with E-state index < -0.39 is 54.8 Å². The Kier molecular flexibility index (Phi) is 9.18. The van der Waals surface area contributed by atoms with E-state index in [9.17, 15) is 28.0 Å². The van der Waals surface area contributed by atoms with Gasteiger partial charge in [-0.2, -0.15) is 5.26 Å². The summed E-state index contributed by atoms with van der Waals surface area (Å²) < 4.78 is 60.4. The topological polar surface area (TPSA) is 104 Å². The summed E-state index contributed by atoms with van der Waals surface area (Å²) in [6.45, 7) is 10.3. The third-order valence-electron chi connectivity index (χ3n) is 11.7. The average molecular weight is 671 g/mol. The van der Waals surface area contributed by atoms with Gasteiger partial charge in [0.2, 0.25) is 0 Å². The molecule has 260 valence electrons. The molecule has 6 atom stereocenters. The van der Waals surface area contributed by atoms with Crippen LogP contribution in [-0.4, -0.2) is 90.3 Å². The van der Waals surface area contributed by atoms with Crippen molar-refractivity contribution in [3.8, 4) is 6.07 Å². The molecule has 3 heterocycles. The van der Waals surface area contributed by atoms with Gasteiger partial charge in [0.05, 0.1) is 30.7 Å². The second kappa shape index (κ2) is 12.7. The fraction of sp³-hybridized carbons (Fsp3) is 0.686. The third-order valence-corrected chi connectivity index (χ3v) is 11.7. The smallest absolute Gasteiger partial charge is 0.444 e. The van der Waals surface area contributed by atoms with Crippen LogP contribution < -0.4 is 5.32 Å². The van der Waals surface area contributed by atoms with Crippen molar-refractivity contribution in [3.05, 3.63) is 47.3 Å². The van der Waals surface area contributed by atoms with Crippen LogP contribution in [0.25, 0.3) is 0 Å². The van der Waals surface area contributed by atoms with Crippen molar-refractivity contribution in [2.75, 3.05) is 26.2 Å².